The summed E-state index contributed by atoms with van der Waals surface area (Å²) in [4.78, 5) is 15.0. The summed E-state index contributed by atoms with van der Waals surface area (Å²) in [6.07, 6.45) is 2.41. The fourth-order valence-corrected chi connectivity index (χ4v) is 2.94. The van der Waals surface area contributed by atoms with Crippen LogP contribution >= 0.6 is 11.5 Å². The first kappa shape index (κ1) is 13.4. The van der Waals surface area contributed by atoms with Crippen molar-refractivity contribution in [3.05, 3.63) is 10.6 Å². The Morgan fingerprint density at radius 1 is 1.61 bits per heavy atom. The number of hydrogen-bond acceptors (Lipinski definition) is 5. The zero-order valence-electron chi connectivity index (χ0n) is 11.0. The van der Waals surface area contributed by atoms with Crippen LogP contribution in [0.25, 0.3) is 0 Å². The van der Waals surface area contributed by atoms with Crippen molar-refractivity contribution in [2.24, 2.45) is 5.92 Å². The van der Waals surface area contributed by atoms with Gasteiger partial charge in [-0.2, -0.15) is 0 Å². The quantitative estimate of drug-likeness (QED) is 0.894. The Balaban J connectivity index is 1.99. The number of carbonyl (C=O) groups is 1. The van der Waals surface area contributed by atoms with Crippen LogP contribution in [0.3, 0.4) is 0 Å². The molecule has 0 saturated carbocycles. The van der Waals surface area contributed by atoms with Gasteiger partial charge in [-0.05, 0) is 57.2 Å². The normalized spacial score (nSPS) is 19.8. The minimum Gasteiger partial charge on any atom is -0.338 e. The molecule has 1 atom stereocenters. The van der Waals surface area contributed by atoms with Crippen molar-refractivity contribution in [3.8, 4) is 0 Å². The van der Waals surface area contributed by atoms with Crippen LogP contribution < -0.4 is 5.32 Å². The second-order valence-electron chi connectivity index (χ2n) is 4.74. The number of amides is 1. The summed E-state index contributed by atoms with van der Waals surface area (Å²) in [5, 5.41) is 7.30. The molecule has 1 aliphatic rings. The third kappa shape index (κ3) is 3.05. The first-order valence-electron chi connectivity index (χ1n) is 6.51. The van der Waals surface area contributed by atoms with Crippen molar-refractivity contribution in [1.29, 1.82) is 0 Å². The second kappa shape index (κ2) is 6.24. The Kier molecular flexibility index (Phi) is 4.66. The molecule has 0 aliphatic carbocycles. The summed E-state index contributed by atoms with van der Waals surface area (Å²) in [6.45, 7) is 7.56. The number of carbonyl (C=O) groups excluding carboxylic acids is 1. The average molecular weight is 268 g/mol. The molecule has 0 aromatic carbocycles. The topological polar surface area (TPSA) is 58.1 Å². The van der Waals surface area contributed by atoms with Crippen molar-refractivity contribution in [2.45, 2.75) is 26.7 Å². The van der Waals surface area contributed by atoms with Gasteiger partial charge in [0, 0.05) is 13.1 Å². The fraction of sp³-hybridized carbons (Fsp3) is 0.750. The standard InChI is InChI=1S/C12H20N4OS/c1-3-16(8-10-5-4-6-13-7-10)12(17)11-9(2)14-15-18-11/h10,13H,3-8H2,1-2H3. The Hall–Kier alpha value is -1.01. The Morgan fingerprint density at radius 2 is 2.44 bits per heavy atom. The molecule has 2 heterocycles. The Labute approximate surface area is 112 Å². The molecule has 6 heteroatoms. The number of rotatable bonds is 4. The third-order valence-corrected chi connectivity index (χ3v) is 4.21. The highest BCUT2D eigenvalue weighted by Crippen LogP contribution is 2.16. The monoisotopic (exact) mass is 268 g/mol. The molecule has 1 fully saturated rings. The van der Waals surface area contributed by atoms with Crippen LogP contribution in [-0.4, -0.2) is 46.6 Å². The first-order chi connectivity index (χ1) is 8.72. The molecule has 1 aromatic heterocycles. The lowest BCUT2D eigenvalue weighted by Crippen LogP contribution is -2.40. The predicted octanol–water partition coefficient (Wildman–Crippen LogP) is 1.31. The Bertz CT molecular complexity index is 401. The van der Waals surface area contributed by atoms with E-state index in [2.05, 4.69) is 14.9 Å². The third-order valence-electron chi connectivity index (χ3n) is 3.39. The highest BCUT2D eigenvalue weighted by molar-refractivity contribution is 7.07. The number of hydrogen-bond donors (Lipinski definition) is 1. The van der Waals surface area contributed by atoms with Gasteiger partial charge in [0.15, 0.2) is 0 Å². The van der Waals surface area contributed by atoms with E-state index >= 15 is 0 Å². The van der Waals surface area contributed by atoms with Gasteiger partial charge in [0.25, 0.3) is 5.91 Å². The van der Waals surface area contributed by atoms with Gasteiger partial charge in [-0.25, -0.2) is 0 Å². The Morgan fingerprint density at radius 3 is 3.00 bits per heavy atom. The summed E-state index contributed by atoms with van der Waals surface area (Å²) in [7, 11) is 0. The van der Waals surface area contributed by atoms with E-state index in [9.17, 15) is 4.79 Å². The number of piperidine rings is 1. The van der Waals surface area contributed by atoms with Gasteiger partial charge in [0.05, 0.1) is 5.69 Å². The molecule has 1 saturated heterocycles. The maximum absolute atomic E-state index is 12.4. The van der Waals surface area contributed by atoms with Crippen LogP contribution in [0.15, 0.2) is 0 Å². The SMILES string of the molecule is CCN(CC1CCCNC1)C(=O)c1snnc1C. The van der Waals surface area contributed by atoms with E-state index in [1.807, 2.05) is 18.7 Å². The second-order valence-corrected chi connectivity index (χ2v) is 5.50. The lowest BCUT2D eigenvalue weighted by Gasteiger charge is -2.29. The van der Waals surface area contributed by atoms with Gasteiger partial charge in [0.1, 0.15) is 4.88 Å². The van der Waals surface area contributed by atoms with Gasteiger partial charge in [-0.3, -0.25) is 4.79 Å². The highest BCUT2D eigenvalue weighted by Gasteiger charge is 2.23. The molecule has 0 bridgehead atoms. The van der Waals surface area contributed by atoms with E-state index in [1.54, 1.807) is 0 Å². The molecule has 1 aliphatic heterocycles. The van der Waals surface area contributed by atoms with E-state index in [4.69, 9.17) is 0 Å². The molecular formula is C12H20N4OS. The molecule has 1 N–H and O–H groups in total. The maximum Gasteiger partial charge on any atom is 0.267 e. The smallest absolute Gasteiger partial charge is 0.267 e. The zero-order valence-corrected chi connectivity index (χ0v) is 11.8. The molecule has 1 unspecified atom stereocenters. The molecule has 100 valence electrons. The minimum atomic E-state index is 0.0792. The molecular weight excluding hydrogens is 248 g/mol. The lowest BCUT2D eigenvalue weighted by molar-refractivity contribution is 0.0733. The fourth-order valence-electron chi connectivity index (χ4n) is 2.32. The average Bonchev–Trinajstić information content (AvgIpc) is 2.82. The summed E-state index contributed by atoms with van der Waals surface area (Å²) >= 11 is 1.20. The van der Waals surface area contributed by atoms with Crippen molar-refractivity contribution < 1.29 is 4.79 Å². The van der Waals surface area contributed by atoms with Gasteiger partial charge < -0.3 is 10.2 Å². The van der Waals surface area contributed by atoms with Gasteiger partial charge in [-0.15, -0.1) is 5.10 Å². The van der Waals surface area contributed by atoms with Crippen LogP contribution in [0, 0.1) is 12.8 Å². The van der Waals surface area contributed by atoms with Crippen molar-refractivity contribution in [1.82, 2.24) is 19.8 Å². The van der Waals surface area contributed by atoms with E-state index in [0.29, 0.717) is 10.8 Å². The molecule has 0 radical (unpaired) electrons. The zero-order chi connectivity index (χ0) is 13.0. The summed E-state index contributed by atoms with van der Waals surface area (Å²) in [5.41, 5.74) is 0.741. The largest absolute Gasteiger partial charge is 0.338 e. The van der Waals surface area contributed by atoms with Crippen molar-refractivity contribution >= 4 is 17.4 Å². The molecule has 0 spiro atoms. The van der Waals surface area contributed by atoms with Crippen LogP contribution in [0.5, 0.6) is 0 Å². The molecule has 1 aromatic rings. The molecule has 1 amide bonds. The van der Waals surface area contributed by atoms with E-state index in [1.165, 1.54) is 24.4 Å². The lowest BCUT2D eigenvalue weighted by atomic mass is 9.99. The van der Waals surface area contributed by atoms with Crippen LogP contribution in [-0.2, 0) is 0 Å². The predicted molar refractivity (Wildman–Crippen MR) is 71.8 cm³/mol. The van der Waals surface area contributed by atoms with Crippen LogP contribution in [0.2, 0.25) is 0 Å². The summed E-state index contributed by atoms with van der Waals surface area (Å²) in [5.74, 6) is 0.652. The van der Waals surface area contributed by atoms with Crippen molar-refractivity contribution in [3.63, 3.8) is 0 Å². The number of aryl methyl sites for hydroxylation is 1. The van der Waals surface area contributed by atoms with Crippen LogP contribution in [0.1, 0.15) is 35.1 Å². The van der Waals surface area contributed by atoms with Crippen LogP contribution in [0.4, 0.5) is 0 Å². The van der Waals surface area contributed by atoms with Gasteiger partial charge in [0.2, 0.25) is 0 Å². The maximum atomic E-state index is 12.4. The summed E-state index contributed by atoms with van der Waals surface area (Å²) in [6, 6.07) is 0. The van der Waals surface area contributed by atoms with Crippen molar-refractivity contribution in [2.75, 3.05) is 26.2 Å². The van der Waals surface area contributed by atoms with E-state index in [-0.39, 0.29) is 5.91 Å². The number of nitrogens with one attached hydrogen (secondary N) is 1. The van der Waals surface area contributed by atoms with Gasteiger partial charge >= 0.3 is 0 Å². The molecule has 2 rings (SSSR count). The molecule has 18 heavy (non-hydrogen) atoms. The summed E-state index contributed by atoms with van der Waals surface area (Å²) < 4.78 is 3.84. The first-order valence-corrected chi connectivity index (χ1v) is 7.28. The number of nitrogens with zero attached hydrogens (tertiary/aromatic N) is 3. The van der Waals surface area contributed by atoms with E-state index in [0.717, 1.165) is 31.9 Å². The van der Waals surface area contributed by atoms with E-state index < -0.39 is 0 Å². The van der Waals surface area contributed by atoms with Gasteiger partial charge in [-0.1, -0.05) is 4.49 Å². The highest BCUT2D eigenvalue weighted by atomic mass is 32.1. The molecule has 5 nitrogen and oxygen atoms in total. The number of aromatic nitrogens is 2. The minimum absolute atomic E-state index is 0.0792.